The van der Waals surface area contributed by atoms with Crippen LogP contribution >= 0.6 is 0 Å². The topological polar surface area (TPSA) is 75.6 Å². The molecule has 1 aliphatic carbocycles. The van der Waals surface area contributed by atoms with Crippen LogP contribution in [0.5, 0.6) is 0 Å². The Hall–Kier alpha value is -1.52. The van der Waals surface area contributed by atoms with Crippen molar-refractivity contribution in [2.75, 3.05) is 0 Å². The third-order valence-corrected chi connectivity index (χ3v) is 2.42. The van der Waals surface area contributed by atoms with Crippen LogP contribution in [0.15, 0.2) is 12.2 Å². The number of amides is 1. The molecule has 2 N–H and O–H groups in total. The average Bonchev–Trinajstić information content (AvgIpc) is 2.14. The summed E-state index contributed by atoms with van der Waals surface area (Å²) in [6, 6.07) is -0.490. The second-order valence-electron chi connectivity index (χ2n) is 5.12. The van der Waals surface area contributed by atoms with Gasteiger partial charge in [-0.1, -0.05) is 12.2 Å². The van der Waals surface area contributed by atoms with Crippen LogP contribution in [0.1, 0.15) is 33.6 Å². The number of carboxylic acids is 1. The number of hydrogen-bond donors (Lipinski definition) is 2. The molecule has 0 heterocycles. The zero-order valence-electron chi connectivity index (χ0n) is 10.4. The van der Waals surface area contributed by atoms with Crippen molar-refractivity contribution in [3.8, 4) is 0 Å². The largest absolute Gasteiger partial charge is 0.481 e. The standard InChI is InChI=1S/C12H19NO4/c1-12(2,3)17-11(16)13-9-7-5-4-6-8(9)10(14)15/h5,7-9H,4,6H2,1-3H3,(H,13,16)(H,14,15)/t8-,9+/m0/s1. The van der Waals surface area contributed by atoms with E-state index in [0.29, 0.717) is 6.42 Å². The van der Waals surface area contributed by atoms with Crippen molar-refractivity contribution >= 4 is 12.1 Å². The van der Waals surface area contributed by atoms with Gasteiger partial charge in [0.15, 0.2) is 0 Å². The van der Waals surface area contributed by atoms with Crippen LogP contribution in [0.25, 0.3) is 0 Å². The molecule has 0 unspecified atom stereocenters. The Morgan fingerprint density at radius 2 is 2.06 bits per heavy atom. The van der Waals surface area contributed by atoms with Gasteiger partial charge in [0.25, 0.3) is 0 Å². The van der Waals surface area contributed by atoms with Crippen LogP contribution in [0.4, 0.5) is 4.79 Å². The number of ether oxygens (including phenoxy) is 1. The SMILES string of the molecule is CC(C)(C)OC(=O)N[C@@H]1C=CCC[C@@H]1C(=O)O. The lowest BCUT2D eigenvalue weighted by atomic mass is 9.90. The van der Waals surface area contributed by atoms with Gasteiger partial charge in [-0.15, -0.1) is 0 Å². The molecule has 0 saturated carbocycles. The molecule has 0 saturated heterocycles. The Kier molecular flexibility index (Phi) is 4.15. The second kappa shape index (κ2) is 5.21. The van der Waals surface area contributed by atoms with E-state index < -0.39 is 29.6 Å². The van der Waals surface area contributed by atoms with Crippen molar-refractivity contribution < 1.29 is 19.4 Å². The van der Waals surface area contributed by atoms with Crippen molar-refractivity contribution in [3.05, 3.63) is 12.2 Å². The molecule has 0 aromatic heterocycles. The maximum Gasteiger partial charge on any atom is 0.408 e. The lowest BCUT2D eigenvalue weighted by Gasteiger charge is -2.27. The van der Waals surface area contributed by atoms with E-state index in [9.17, 15) is 9.59 Å². The number of carbonyl (C=O) groups is 2. The van der Waals surface area contributed by atoms with Crippen molar-refractivity contribution in [2.45, 2.75) is 45.3 Å². The van der Waals surface area contributed by atoms with Crippen molar-refractivity contribution in [3.63, 3.8) is 0 Å². The summed E-state index contributed by atoms with van der Waals surface area (Å²) in [6.07, 6.45) is 4.27. The highest BCUT2D eigenvalue weighted by Crippen LogP contribution is 2.19. The monoisotopic (exact) mass is 241 g/mol. The van der Waals surface area contributed by atoms with Gasteiger partial charge < -0.3 is 15.2 Å². The van der Waals surface area contributed by atoms with E-state index in [1.807, 2.05) is 6.08 Å². The van der Waals surface area contributed by atoms with Gasteiger partial charge in [-0.05, 0) is 33.6 Å². The zero-order valence-corrected chi connectivity index (χ0v) is 10.4. The minimum atomic E-state index is -0.893. The molecular formula is C12H19NO4. The average molecular weight is 241 g/mol. The number of carboxylic acid groups (broad SMARTS) is 1. The summed E-state index contributed by atoms with van der Waals surface area (Å²) in [6.45, 7) is 5.29. The number of rotatable bonds is 2. The highest BCUT2D eigenvalue weighted by atomic mass is 16.6. The van der Waals surface area contributed by atoms with E-state index in [1.54, 1.807) is 26.8 Å². The van der Waals surface area contributed by atoms with Gasteiger partial charge in [-0.2, -0.15) is 0 Å². The third-order valence-electron chi connectivity index (χ3n) is 2.42. The van der Waals surface area contributed by atoms with Gasteiger partial charge in [0.1, 0.15) is 5.60 Å². The number of hydrogen-bond acceptors (Lipinski definition) is 3. The molecule has 0 spiro atoms. The first kappa shape index (κ1) is 13.5. The molecule has 0 aromatic rings. The Morgan fingerprint density at radius 3 is 2.59 bits per heavy atom. The normalized spacial score (nSPS) is 24.2. The number of nitrogens with one attached hydrogen (secondary N) is 1. The lowest BCUT2D eigenvalue weighted by molar-refractivity contribution is -0.142. The second-order valence-corrected chi connectivity index (χ2v) is 5.12. The molecule has 0 aromatic carbocycles. The van der Waals surface area contributed by atoms with Crippen LogP contribution in [0.2, 0.25) is 0 Å². The van der Waals surface area contributed by atoms with E-state index in [1.165, 1.54) is 0 Å². The molecule has 0 radical (unpaired) electrons. The van der Waals surface area contributed by atoms with Crippen LogP contribution in [0, 0.1) is 5.92 Å². The fraction of sp³-hybridized carbons (Fsp3) is 0.667. The molecule has 5 nitrogen and oxygen atoms in total. The van der Waals surface area contributed by atoms with Gasteiger partial charge in [-0.25, -0.2) is 4.79 Å². The van der Waals surface area contributed by atoms with Gasteiger partial charge in [-0.3, -0.25) is 4.79 Å². The Balaban J connectivity index is 2.59. The molecule has 96 valence electrons. The smallest absolute Gasteiger partial charge is 0.408 e. The molecule has 0 bridgehead atoms. The Bertz CT molecular complexity index is 330. The van der Waals surface area contributed by atoms with E-state index in [4.69, 9.17) is 9.84 Å². The number of alkyl carbamates (subject to hydrolysis) is 1. The maximum absolute atomic E-state index is 11.5. The summed E-state index contributed by atoms with van der Waals surface area (Å²) in [4.78, 5) is 22.5. The molecule has 1 aliphatic rings. The fourth-order valence-electron chi connectivity index (χ4n) is 1.70. The number of aliphatic carboxylic acids is 1. The molecule has 5 heteroatoms. The molecule has 0 aliphatic heterocycles. The van der Waals surface area contributed by atoms with Gasteiger partial charge in [0.05, 0.1) is 12.0 Å². The van der Waals surface area contributed by atoms with Gasteiger partial charge >= 0.3 is 12.1 Å². The molecule has 17 heavy (non-hydrogen) atoms. The first-order valence-corrected chi connectivity index (χ1v) is 5.68. The third kappa shape index (κ3) is 4.46. The maximum atomic E-state index is 11.5. The summed E-state index contributed by atoms with van der Waals surface area (Å²) >= 11 is 0. The van der Waals surface area contributed by atoms with Crippen molar-refractivity contribution in [1.82, 2.24) is 5.32 Å². The van der Waals surface area contributed by atoms with Gasteiger partial charge in [0, 0.05) is 0 Å². The highest BCUT2D eigenvalue weighted by Gasteiger charge is 2.30. The van der Waals surface area contributed by atoms with E-state index in [0.717, 1.165) is 6.42 Å². The lowest BCUT2D eigenvalue weighted by Crippen LogP contribution is -2.45. The first-order valence-electron chi connectivity index (χ1n) is 5.68. The molecular weight excluding hydrogens is 222 g/mol. The summed E-state index contributed by atoms with van der Waals surface area (Å²) < 4.78 is 5.09. The van der Waals surface area contributed by atoms with Crippen LogP contribution in [-0.4, -0.2) is 28.8 Å². The highest BCUT2D eigenvalue weighted by molar-refractivity contribution is 5.74. The summed E-state index contributed by atoms with van der Waals surface area (Å²) in [5.74, 6) is -1.47. The van der Waals surface area contributed by atoms with Crippen LogP contribution < -0.4 is 5.32 Å². The quantitative estimate of drug-likeness (QED) is 0.724. The van der Waals surface area contributed by atoms with Crippen LogP contribution in [0.3, 0.4) is 0 Å². The van der Waals surface area contributed by atoms with E-state index >= 15 is 0 Å². The fourth-order valence-corrected chi connectivity index (χ4v) is 1.70. The predicted octanol–water partition coefficient (Wildman–Crippen LogP) is 1.93. The van der Waals surface area contributed by atoms with E-state index in [2.05, 4.69) is 5.32 Å². The predicted molar refractivity (Wildman–Crippen MR) is 62.7 cm³/mol. The zero-order chi connectivity index (χ0) is 13.1. The molecule has 0 fully saturated rings. The van der Waals surface area contributed by atoms with Gasteiger partial charge in [0.2, 0.25) is 0 Å². The summed E-state index contributed by atoms with van der Waals surface area (Å²) in [5.41, 5.74) is -0.582. The number of carbonyl (C=O) groups excluding carboxylic acids is 1. The molecule has 2 atom stereocenters. The van der Waals surface area contributed by atoms with Crippen LogP contribution in [-0.2, 0) is 9.53 Å². The molecule has 1 rings (SSSR count). The Morgan fingerprint density at radius 1 is 1.41 bits per heavy atom. The number of allylic oxidation sites excluding steroid dienone is 1. The molecule has 1 amide bonds. The minimum absolute atomic E-state index is 0.490. The minimum Gasteiger partial charge on any atom is -0.481 e. The first-order chi connectivity index (χ1) is 7.79. The summed E-state index contributed by atoms with van der Waals surface area (Å²) in [7, 11) is 0. The Labute approximate surface area is 101 Å². The van der Waals surface area contributed by atoms with Crippen molar-refractivity contribution in [1.29, 1.82) is 0 Å². The van der Waals surface area contributed by atoms with Crippen molar-refractivity contribution in [2.24, 2.45) is 5.92 Å². The van der Waals surface area contributed by atoms with E-state index in [-0.39, 0.29) is 0 Å². The summed E-state index contributed by atoms with van der Waals surface area (Å²) in [5, 5.41) is 11.6.